The number of hydrogen-bond donors (Lipinski definition) is 0. The number of aromatic nitrogens is 1. The SMILES string of the molecule is Cc1cc(C)cc(-c2nccc3ccc4c(C5CCC(C)(C)CC5)cccc4c23)c1. The van der Waals surface area contributed by atoms with Gasteiger partial charge in [0.25, 0.3) is 0 Å². The minimum Gasteiger partial charge on any atom is -0.256 e. The number of rotatable bonds is 2. The van der Waals surface area contributed by atoms with Crippen molar-refractivity contribution in [2.75, 3.05) is 0 Å². The summed E-state index contributed by atoms with van der Waals surface area (Å²) in [5.41, 5.74) is 6.92. The third-order valence-electron chi connectivity index (χ3n) is 7.10. The Hall–Kier alpha value is -2.67. The molecule has 1 heterocycles. The lowest BCUT2D eigenvalue weighted by Gasteiger charge is -2.35. The monoisotopic (exact) mass is 393 g/mol. The molecule has 1 nitrogen and oxygen atoms in total. The molecule has 30 heavy (non-hydrogen) atoms. The van der Waals surface area contributed by atoms with Gasteiger partial charge in [-0.05, 0) is 90.8 Å². The highest BCUT2D eigenvalue weighted by Gasteiger charge is 2.28. The fourth-order valence-electron chi connectivity index (χ4n) is 5.46. The third-order valence-corrected chi connectivity index (χ3v) is 7.10. The first-order valence-electron chi connectivity index (χ1n) is 11.3. The molecular formula is C29H31N. The van der Waals surface area contributed by atoms with Crippen LogP contribution in [0.3, 0.4) is 0 Å². The molecule has 0 saturated heterocycles. The topological polar surface area (TPSA) is 12.9 Å². The van der Waals surface area contributed by atoms with Crippen LogP contribution in [0.4, 0.5) is 0 Å². The maximum atomic E-state index is 4.87. The summed E-state index contributed by atoms with van der Waals surface area (Å²) in [6.45, 7) is 9.17. The molecule has 0 aliphatic heterocycles. The highest BCUT2D eigenvalue weighted by molar-refractivity contribution is 6.14. The molecular weight excluding hydrogens is 362 g/mol. The number of pyridine rings is 1. The van der Waals surface area contributed by atoms with E-state index >= 15 is 0 Å². The van der Waals surface area contributed by atoms with Crippen LogP contribution in [0.25, 0.3) is 32.8 Å². The van der Waals surface area contributed by atoms with Crippen LogP contribution in [-0.4, -0.2) is 4.98 Å². The Morgan fingerprint density at radius 2 is 1.57 bits per heavy atom. The van der Waals surface area contributed by atoms with Crippen molar-refractivity contribution in [1.29, 1.82) is 0 Å². The van der Waals surface area contributed by atoms with E-state index in [1.807, 2.05) is 6.20 Å². The highest BCUT2D eigenvalue weighted by atomic mass is 14.7. The van der Waals surface area contributed by atoms with Crippen molar-refractivity contribution in [3.63, 3.8) is 0 Å². The quantitative estimate of drug-likeness (QED) is 0.312. The van der Waals surface area contributed by atoms with Crippen molar-refractivity contribution in [1.82, 2.24) is 4.98 Å². The Morgan fingerprint density at radius 3 is 2.30 bits per heavy atom. The zero-order valence-corrected chi connectivity index (χ0v) is 18.6. The molecule has 0 spiro atoms. The maximum Gasteiger partial charge on any atom is 0.0786 e. The molecule has 0 unspecified atom stereocenters. The van der Waals surface area contributed by atoms with E-state index in [9.17, 15) is 0 Å². The Balaban J connectivity index is 1.72. The van der Waals surface area contributed by atoms with Crippen molar-refractivity contribution < 1.29 is 0 Å². The Bertz CT molecular complexity index is 1220. The second-order valence-electron chi connectivity index (χ2n) is 10.1. The van der Waals surface area contributed by atoms with Gasteiger partial charge < -0.3 is 0 Å². The summed E-state index contributed by atoms with van der Waals surface area (Å²) in [6, 6.07) is 20.5. The van der Waals surface area contributed by atoms with Crippen LogP contribution in [0.2, 0.25) is 0 Å². The largest absolute Gasteiger partial charge is 0.256 e. The molecule has 152 valence electrons. The van der Waals surface area contributed by atoms with Crippen molar-refractivity contribution in [2.24, 2.45) is 5.41 Å². The van der Waals surface area contributed by atoms with Crippen molar-refractivity contribution in [2.45, 2.75) is 59.3 Å². The van der Waals surface area contributed by atoms with Crippen LogP contribution in [0.5, 0.6) is 0 Å². The predicted octanol–water partition coefficient (Wildman–Crippen LogP) is 8.36. The van der Waals surface area contributed by atoms with Crippen LogP contribution in [0, 0.1) is 19.3 Å². The minimum atomic E-state index is 0.494. The molecule has 1 fully saturated rings. The van der Waals surface area contributed by atoms with E-state index in [1.54, 1.807) is 0 Å². The Kier molecular flexibility index (Phi) is 4.65. The molecule has 1 aromatic heterocycles. The van der Waals surface area contributed by atoms with E-state index in [4.69, 9.17) is 4.98 Å². The predicted molar refractivity (Wildman–Crippen MR) is 129 cm³/mol. The Labute approximate surface area is 180 Å². The summed E-state index contributed by atoms with van der Waals surface area (Å²) in [5.74, 6) is 0.667. The number of nitrogens with zero attached hydrogens (tertiary/aromatic N) is 1. The van der Waals surface area contributed by atoms with Gasteiger partial charge in [0, 0.05) is 17.1 Å². The summed E-state index contributed by atoms with van der Waals surface area (Å²) >= 11 is 0. The molecule has 0 bridgehead atoms. The van der Waals surface area contributed by atoms with Crippen molar-refractivity contribution in [3.8, 4) is 11.3 Å². The average Bonchev–Trinajstić information content (AvgIpc) is 2.72. The highest BCUT2D eigenvalue weighted by Crippen LogP contribution is 2.45. The molecule has 1 heteroatoms. The van der Waals surface area contributed by atoms with Gasteiger partial charge in [-0.15, -0.1) is 0 Å². The lowest BCUT2D eigenvalue weighted by Crippen LogP contribution is -2.20. The molecule has 0 radical (unpaired) electrons. The second kappa shape index (κ2) is 7.23. The Morgan fingerprint density at radius 1 is 0.833 bits per heavy atom. The third kappa shape index (κ3) is 3.41. The van der Waals surface area contributed by atoms with Gasteiger partial charge >= 0.3 is 0 Å². The fraction of sp³-hybridized carbons (Fsp3) is 0.345. The molecule has 1 aliphatic rings. The van der Waals surface area contributed by atoms with E-state index in [0.717, 1.165) is 5.69 Å². The van der Waals surface area contributed by atoms with E-state index < -0.39 is 0 Å². The van der Waals surface area contributed by atoms with Gasteiger partial charge in [0.2, 0.25) is 0 Å². The van der Waals surface area contributed by atoms with Crippen LogP contribution in [-0.2, 0) is 0 Å². The number of benzene rings is 3. The van der Waals surface area contributed by atoms with E-state index in [1.165, 1.54) is 69.5 Å². The first-order chi connectivity index (χ1) is 14.4. The summed E-state index contributed by atoms with van der Waals surface area (Å²) < 4.78 is 0. The number of hydrogen-bond acceptors (Lipinski definition) is 1. The molecule has 5 rings (SSSR count). The fourth-order valence-corrected chi connectivity index (χ4v) is 5.46. The average molecular weight is 394 g/mol. The molecule has 1 saturated carbocycles. The van der Waals surface area contributed by atoms with Crippen molar-refractivity contribution in [3.05, 3.63) is 77.5 Å². The molecule has 0 atom stereocenters. The zero-order chi connectivity index (χ0) is 20.9. The van der Waals surface area contributed by atoms with Gasteiger partial charge in [0.15, 0.2) is 0 Å². The first-order valence-corrected chi connectivity index (χ1v) is 11.3. The maximum absolute atomic E-state index is 4.87. The lowest BCUT2D eigenvalue weighted by atomic mass is 9.70. The number of fused-ring (bicyclic) bond motifs is 3. The molecule has 3 aromatic carbocycles. The molecule has 4 aromatic rings. The van der Waals surface area contributed by atoms with Crippen LogP contribution >= 0.6 is 0 Å². The van der Waals surface area contributed by atoms with Crippen LogP contribution < -0.4 is 0 Å². The van der Waals surface area contributed by atoms with Gasteiger partial charge in [-0.25, -0.2) is 0 Å². The standard InChI is InChI=1S/C29H31N/c1-19-16-20(2)18-23(17-19)28-27-22(12-15-30-28)8-9-25-24(6-5-7-26(25)27)21-10-13-29(3,4)14-11-21/h5-9,12,15-18,21H,10-11,13-14H2,1-4H3. The van der Waals surface area contributed by atoms with E-state index in [2.05, 4.69) is 82.3 Å². The van der Waals surface area contributed by atoms with Gasteiger partial charge in [0.05, 0.1) is 5.69 Å². The summed E-state index contributed by atoms with van der Waals surface area (Å²) in [7, 11) is 0. The van der Waals surface area contributed by atoms with Crippen molar-refractivity contribution >= 4 is 21.5 Å². The minimum absolute atomic E-state index is 0.494. The van der Waals surface area contributed by atoms with Gasteiger partial charge in [-0.1, -0.05) is 61.4 Å². The molecule has 0 N–H and O–H groups in total. The van der Waals surface area contributed by atoms with E-state index in [-0.39, 0.29) is 0 Å². The summed E-state index contributed by atoms with van der Waals surface area (Å²) in [4.78, 5) is 4.87. The second-order valence-corrected chi connectivity index (χ2v) is 10.1. The number of aryl methyl sites for hydroxylation is 2. The normalized spacial score (nSPS) is 16.9. The first kappa shape index (κ1) is 19.3. The zero-order valence-electron chi connectivity index (χ0n) is 18.6. The lowest BCUT2D eigenvalue weighted by molar-refractivity contribution is 0.225. The smallest absolute Gasteiger partial charge is 0.0786 e. The summed E-state index contributed by atoms with van der Waals surface area (Å²) in [6.07, 6.45) is 7.17. The summed E-state index contributed by atoms with van der Waals surface area (Å²) in [5, 5.41) is 5.32. The van der Waals surface area contributed by atoms with Crippen LogP contribution in [0.1, 0.15) is 62.1 Å². The van der Waals surface area contributed by atoms with Gasteiger partial charge in [0.1, 0.15) is 0 Å². The van der Waals surface area contributed by atoms with Crippen LogP contribution in [0.15, 0.2) is 60.8 Å². The molecule has 0 amide bonds. The van der Waals surface area contributed by atoms with E-state index in [0.29, 0.717) is 11.3 Å². The van der Waals surface area contributed by atoms with Gasteiger partial charge in [-0.2, -0.15) is 0 Å². The molecule has 1 aliphatic carbocycles. The van der Waals surface area contributed by atoms with Gasteiger partial charge in [-0.3, -0.25) is 4.98 Å².